The van der Waals surface area contributed by atoms with Crippen molar-refractivity contribution >= 4 is 17.6 Å². The third-order valence-electron chi connectivity index (χ3n) is 8.11. The van der Waals surface area contributed by atoms with Crippen LogP contribution in [-0.4, -0.2) is 42.4 Å². The Bertz CT molecular complexity index is 1730. The molecule has 43 heavy (non-hydrogen) atoms. The lowest BCUT2D eigenvalue weighted by Crippen LogP contribution is -2.46. The number of halogens is 1. The zero-order chi connectivity index (χ0) is 30.4. The molecule has 6 rings (SSSR count). The summed E-state index contributed by atoms with van der Waals surface area (Å²) in [6.07, 6.45) is 0. The molecule has 0 bridgehead atoms. The summed E-state index contributed by atoms with van der Waals surface area (Å²) in [5.41, 5.74) is 7.53. The van der Waals surface area contributed by atoms with Gasteiger partial charge in [-0.15, -0.1) is 0 Å². The number of fused-ring (bicyclic) bond motifs is 1. The van der Waals surface area contributed by atoms with Gasteiger partial charge in [-0.25, -0.2) is 4.39 Å². The molecule has 4 atom stereocenters. The van der Waals surface area contributed by atoms with Crippen LogP contribution in [0, 0.1) is 25.6 Å². The number of aryl methyl sites for hydroxylation is 2. The summed E-state index contributed by atoms with van der Waals surface area (Å²) in [5, 5.41) is 0. The molecule has 3 heterocycles. The Hall–Kier alpha value is -5.12. The summed E-state index contributed by atoms with van der Waals surface area (Å²) >= 11 is 0. The number of methoxy groups -OCH3 is 1. The van der Waals surface area contributed by atoms with Crippen LogP contribution in [0.5, 0.6) is 17.2 Å². The number of ether oxygens (including phenoxy) is 3. The van der Waals surface area contributed by atoms with Gasteiger partial charge in [0.25, 0.3) is 5.91 Å². The van der Waals surface area contributed by atoms with Crippen LogP contribution in [0.1, 0.15) is 55.3 Å². The minimum absolute atomic E-state index is 0.00825. The van der Waals surface area contributed by atoms with Gasteiger partial charge in [-0.2, -0.15) is 0 Å². The second kappa shape index (κ2) is 10.9. The van der Waals surface area contributed by atoms with Crippen molar-refractivity contribution in [3.63, 3.8) is 0 Å². The summed E-state index contributed by atoms with van der Waals surface area (Å²) < 4.78 is 36.5. The van der Waals surface area contributed by atoms with Crippen molar-refractivity contribution in [2.45, 2.75) is 31.8 Å². The molecule has 2 N–H and O–H groups in total. The smallest absolute Gasteiger partial charge is 0.255 e. The van der Waals surface area contributed by atoms with Crippen molar-refractivity contribution in [3.05, 3.63) is 112 Å². The average Bonchev–Trinajstić information content (AvgIpc) is 3.70. The first kappa shape index (κ1) is 28.0. The van der Waals surface area contributed by atoms with Gasteiger partial charge in [0.15, 0.2) is 17.3 Å². The maximum absolute atomic E-state index is 14.6. The average molecular weight is 585 g/mol. The first-order valence-electron chi connectivity index (χ1n) is 13.7. The normalized spacial score (nSPS) is 20.7. The number of amides is 2. The molecule has 2 aliphatic rings. The van der Waals surface area contributed by atoms with E-state index in [2.05, 4.69) is 0 Å². The number of primary amides is 1. The molecule has 0 saturated carbocycles. The lowest BCUT2D eigenvalue weighted by Gasteiger charge is -2.31. The summed E-state index contributed by atoms with van der Waals surface area (Å²) in [4.78, 5) is 43.7. The molecule has 10 heteroatoms. The molecular weight excluding hydrogens is 555 g/mol. The topological polar surface area (TPSA) is 121 Å². The monoisotopic (exact) mass is 584 g/mol. The maximum Gasteiger partial charge on any atom is 0.255 e. The highest BCUT2D eigenvalue weighted by molar-refractivity contribution is 6.04. The Morgan fingerprint density at radius 3 is 2.30 bits per heavy atom. The molecule has 1 fully saturated rings. The number of carbonyl (C=O) groups is 3. The molecular formula is C33H29FN2O7. The lowest BCUT2D eigenvalue weighted by atomic mass is 9.76. The second-order valence-corrected chi connectivity index (χ2v) is 10.6. The molecule has 1 saturated heterocycles. The highest BCUT2D eigenvalue weighted by Gasteiger charge is 2.57. The fourth-order valence-electron chi connectivity index (χ4n) is 6.29. The number of likely N-dealkylation sites (tertiary alicyclic amines) is 1. The number of rotatable bonds is 7. The number of nitrogens with two attached hydrogens (primary N) is 1. The van der Waals surface area contributed by atoms with Crippen LogP contribution in [0.15, 0.2) is 77.2 Å². The maximum atomic E-state index is 14.6. The van der Waals surface area contributed by atoms with E-state index in [1.807, 2.05) is 0 Å². The van der Waals surface area contributed by atoms with Crippen molar-refractivity contribution < 1.29 is 37.4 Å². The van der Waals surface area contributed by atoms with Gasteiger partial charge < -0.3 is 29.3 Å². The summed E-state index contributed by atoms with van der Waals surface area (Å²) in [6.45, 7) is 3.44. The molecule has 4 unspecified atom stereocenters. The van der Waals surface area contributed by atoms with E-state index >= 15 is 0 Å². The van der Waals surface area contributed by atoms with E-state index in [1.165, 1.54) is 30.2 Å². The second-order valence-electron chi connectivity index (χ2n) is 10.6. The molecule has 2 aliphatic heterocycles. The number of benzene rings is 3. The number of nitrogens with zero attached hydrogens (tertiary/aromatic N) is 1. The number of ketones is 1. The first-order valence-corrected chi connectivity index (χ1v) is 13.7. The van der Waals surface area contributed by atoms with Gasteiger partial charge in [0.2, 0.25) is 12.7 Å². The van der Waals surface area contributed by atoms with E-state index in [4.69, 9.17) is 24.4 Å². The van der Waals surface area contributed by atoms with E-state index < -0.39 is 41.6 Å². The van der Waals surface area contributed by atoms with Crippen LogP contribution < -0.4 is 19.9 Å². The predicted octanol–water partition coefficient (Wildman–Crippen LogP) is 5.11. The Balaban J connectivity index is 1.61. The van der Waals surface area contributed by atoms with Crippen molar-refractivity contribution in [3.8, 4) is 17.2 Å². The quantitative estimate of drug-likeness (QED) is 0.300. The van der Waals surface area contributed by atoms with Gasteiger partial charge in [0.05, 0.1) is 24.6 Å². The first-order chi connectivity index (χ1) is 20.7. The van der Waals surface area contributed by atoms with Gasteiger partial charge in [0.1, 0.15) is 29.1 Å². The van der Waals surface area contributed by atoms with Crippen molar-refractivity contribution in [1.29, 1.82) is 0 Å². The van der Waals surface area contributed by atoms with E-state index in [0.717, 1.165) is 6.07 Å². The highest BCUT2D eigenvalue weighted by atomic mass is 19.1. The number of carbonyl (C=O) groups excluding carboxylic acids is 3. The van der Waals surface area contributed by atoms with Crippen LogP contribution in [0.4, 0.5) is 4.39 Å². The highest BCUT2D eigenvalue weighted by Crippen LogP contribution is 2.53. The van der Waals surface area contributed by atoms with Gasteiger partial charge in [-0.1, -0.05) is 24.3 Å². The number of hydrogen-bond acceptors (Lipinski definition) is 7. The Labute approximate surface area is 246 Å². The standard InChI is InChI=1S/C33H29FN2O7/c1-17-13-24(18(2)43-17)31(37)28-27(19-7-10-23(40-3)11-8-19)30(32(35)38)36(33(39)21-5-4-6-22(34)14-21)29(28)20-9-12-25-26(15-20)42-16-41-25/h4-15,27-30H,16H2,1-3H3,(H2,35,38). The predicted molar refractivity (Wildman–Crippen MR) is 153 cm³/mol. The fourth-order valence-corrected chi connectivity index (χ4v) is 6.29. The Morgan fingerprint density at radius 1 is 0.930 bits per heavy atom. The summed E-state index contributed by atoms with van der Waals surface area (Å²) in [5.74, 6) is -1.84. The number of Topliss-reactive ketones (excluding diaryl/α,β-unsaturated/α-hetero) is 1. The van der Waals surface area contributed by atoms with Crippen molar-refractivity contribution in [2.75, 3.05) is 13.9 Å². The molecule has 0 radical (unpaired) electrons. The summed E-state index contributed by atoms with van der Waals surface area (Å²) in [6, 6.07) is 16.6. The van der Waals surface area contributed by atoms with Gasteiger partial charge >= 0.3 is 0 Å². The summed E-state index contributed by atoms with van der Waals surface area (Å²) in [7, 11) is 1.53. The third-order valence-corrected chi connectivity index (χ3v) is 8.11. The van der Waals surface area contributed by atoms with Crippen LogP contribution in [0.2, 0.25) is 0 Å². The molecule has 220 valence electrons. The molecule has 2 amide bonds. The minimum atomic E-state index is -1.28. The number of hydrogen-bond donors (Lipinski definition) is 1. The number of furan rings is 1. The van der Waals surface area contributed by atoms with Crippen LogP contribution in [-0.2, 0) is 4.79 Å². The van der Waals surface area contributed by atoms with Gasteiger partial charge in [0, 0.05) is 11.5 Å². The molecule has 3 aromatic carbocycles. The zero-order valence-electron chi connectivity index (χ0n) is 23.7. The van der Waals surface area contributed by atoms with Crippen LogP contribution in [0.3, 0.4) is 0 Å². The lowest BCUT2D eigenvalue weighted by molar-refractivity contribution is -0.122. The minimum Gasteiger partial charge on any atom is -0.497 e. The van der Waals surface area contributed by atoms with E-state index in [1.54, 1.807) is 62.4 Å². The van der Waals surface area contributed by atoms with E-state index in [-0.39, 0.29) is 18.1 Å². The van der Waals surface area contributed by atoms with E-state index in [9.17, 15) is 18.8 Å². The van der Waals surface area contributed by atoms with Gasteiger partial charge in [-0.05, 0) is 73.5 Å². The fraction of sp³-hybridized carbons (Fsp3) is 0.242. The SMILES string of the molecule is COc1ccc(C2C(C(=O)c3cc(C)oc3C)C(c3ccc4c(c3)OCO4)N(C(=O)c3cccc(F)c3)C2C(N)=O)cc1. The zero-order valence-corrected chi connectivity index (χ0v) is 23.7. The van der Waals surface area contributed by atoms with Crippen molar-refractivity contribution in [1.82, 2.24) is 4.90 Å². The van der Waals surface area contributed by atoms with Crippen LogP contribution >= 0.6 is 0 Å². The Morgan fingerprint density at radius 2 is 1.65 bits per heavy atom. The molecule has 9 nitrogen and oxygen atoms in total. The molecule has 0 spiro atoms. The van der Waals surface area contributed by atoms with E-state index in [0.29, 0.717) is 45.5 Å². The van der Waals surface area contributed by atoms with Gasteiger partial charge in [-0.3, -0.25) is 14.4 Å². The largest absolute Gasteiger partial charge is 0.497 e. The molecule has 4 aromatic rings. The third kappa shape index (κ3) is 4.88. The van der Waals surface area contributed by atoms with Crippen LogP contribution in [0.25, 0.3) is 0 Å². The van der Waals surface area contributed by atoms with Crippen molar-refractivity contribution in [2.24, 2.45) is 11.7 Å². The Kier molecular flexibility index (Phi) is 7.13. The molecule has 0 aliphatic carbocycles. The molecule has 1 aromatic heterocycles.